The van der Waals surface area contributed by atoms with Crippen molar-refractivity contribution in [3.8, 4) is 0 Å². The molecule has 1 amide bonds. The molecule has 1 aromatic heterocycles. The number of hydrogen-bond donors (Lipinski definition) is 1. The lowest BCUT2D eigenvalue weighted by molar-refractivity contribution is 0.0938. The second kappa shape index (κ2) is 7.57. The molecule has 0 bridgehead atoms. The molecule has 0 aliphatic carbocycles. The number of amides is 1. The number of hydrogen-bond acceptors (Lipinski definition) is 4. The van der Waals surface area contributed by atoms with Gasteiger partial charge >= 0.3 is 0 Å². The van der Waals surface area contributed by atoms with Gasteiger partial charge in [-0.05, 0) is 36.8 Å². The van der Waals surface area contributed by atoms with Crippen LogP contribution in [0.5, 0.6) is 0 Å². The van der Waals surface area contributed by atoms with Gasteiger partial charge in [0.1, 0.15) is 5.82 Å². The first-order valence-electron chi connectivity index (χ1n) is 8.10. The van der Waals surface area contributed by atoms with Crippen LogP contribution < -0.4 is 10.2 Å². The quantitative estimate of drug-likeness (QED) is 0.924. The summed E-state index contributed by atoms with van der Waals surface area (Å²) in [4.78, 5) is 19.0. The normalized spacial score (nSPS) is 15.7. The smallest absolute Gasteiger partial charge is 0.255 e. The number of aromatic nitrogens is 1. The third-order valence-corrected chi connectivity index (χ3v) is 4.13. The van der Waals surface area contributed by atoms with Gasteiger partial charge in [-0.2, -0.15) is 0 Å². The molecule has 2 heterocycles. The monoisotopic (exact) mass is 347 g/mol. The van der Waals surface area contributed by atoms with E-state index >= 15 is 0 Å². The number of nitrogens with zero attached hydrogens (tertiary/aromatic N) is 2. The maximum atomic E-state index is 13.4. The van der Waals surface area contributed by atoms with Crippen molar-refractivity contribution in [1.29, 1.82) is 0 Å². The van der Waals surface area contributed by atoms with E-state index in [2.05, 4.69) is 10.3 Å². The highest BCUT2D eigenvalue weighted by Crippen LogP contribution is 2.21. The highest BCUT2D eigenvalue weighted by Gasteiger charge is 2.21. The summed E-state index contributed by atoms with van der Waals surface area (Å²) in [5.74, 6) is -1.56. The minimum absolute atomic E-state index is 0.313. The van der Waals surface area contributed by atoms with Crippen LogP contribution in [0.3, 0.4) is 0 Å². The summed E-state index contributed by atoms with van der Waals surface area (Å²) >= 11 is 0. The predicted octanol–water partition coefficient (Wildman–Crippen LogP) is 2.69. The minimum Gasteiger partial charge on any atom is -0.378 e. The molecule has 1 N–H and O–H groups in total. The number of ether oxygens (including phenoxy) is 1. The van der Waals surface area contributed by atoms with E-state index in [-0.39, 0.29) is 5.91 Å². The van der Waals surface area contributed by atoms with Crippen LogP contribution in [-0.4, -0.2) is 37.2 Å². The molecule has 5 nitrogen and oxygen atoms in total. The molecule has 2 aromatic rings. The fourth-order valence-corrected chi connectivity index (χ4v) is 2.74. The van der Waals surface area contributed by atoms with Crippen LogP contribution in [0.1, 0.15) is 28.9 Å². The maximum absolute atomic E-state index is 13.4. The van der Waals surface area contributed by atoms with Crippen molar-refractivity contribution in [2.24, 2.45) is 0 Å². The van der Waals surface area contributed by atoms with Crippen molar-refractivity contribution in [3.63, 3.8) is 0 Å². The third-order valence-electron chi connectivity index (χ3n) is 4.13. The lowest BCUT2D eigenvalue weighted by Crippen LogP contribution is -2.38. The molecule has 132 valence electrons. The van der Waals surface area contributed by atoms with E-state index in [1.165, 1.54) is 6.07 Å². The van der Waals surface area contributed by atoms with Gasteiger partial charge in [0.2, 0.25) is 0 Å². The Morgan fingerprint density at radius 1 is 1.24 bits per heavy atom. The molecule has 1 atom stereocenters. The molecule has 1 aliphatic heterocycles. The Morgan fingerprint density at radius 2 is 2.00 bits per heavy atom. The van der Waals surface area contributed by atoms with E-state index in [9.17, 15) is 13.6 Å². The van der Waals surface area contributed by atoms with Crippen LogP contribution in [0.15, 0.2) is 36.5 Å². The SMILES string of the molecule is CC(NC(=O)c1cccnc1N1CCOCC1)c1ccc(F)c(F)c1. The van der Waals surface area contributed by atoms with Gasteiger partial charge in [-0.1, -0.05) is 6.07 Å². The number of carbonyl (C=O) groups excluding carboxylic acids is 1. The van der Waals surface area contributed by atoms with Gasteiger partial charge < -0.3 is 15.0 Å². The van der Waals surface area contributed by atoms with Gasteiger partial charge in [-0.3, -0.25) is 4.79 Å². The predicted molar refractivity (Wildman–Crippen MR) is 89.5 cm³/mol. The first-order valence-corrected chi connectivity index (χ1v) is 8.10. The average Bonchev–Trinajstić information content (AvgIpc) is 2.64. The third kappa shape index (κ3) is 3.93. The number of carbonyl (C=O) groups is 1. The topological polar surface area (TPSA) is 54.5 Å². The van der Waals surface area contributed by atoms with Gasteiger partial charge in [0.25, 0.3) is 5.91 Å². The number of rotatable bonds is 4. The Labute approximate surface area is 144 Å². The first-order chi connectivity index (χ1) is 12.1. The summed E-state index contributed by atoms with van der Waals surface area (Å²) in [5.41, 5.74) is 0.933. The average molecular weight is 347 g/mol. The summed E-state index contributed by atoms with van der Waals surface area (Å²) < 4.78 is 31.8. The molecular formula is C18H19F2N3O2. The lowest BCUT2D eigenvalue weighted by Gasteiger charge is -2.29. The van der Waals surface area contributed by atoms with E-state index in [4.69, 9.17) is 4.74 Å². The van der Waals surface area contributed by atoms with Crippen LogP contribution in [0.4, 0.5) is 14.6 Å². The van der Waals surface area contributed by atoms with Gasteiger partial charge in [0.05, 0.1) is 24.8 Å². The van der Waals surface area contributed by atoms with Gasteiger partial charge in [0, 0.05) is 19.3 Å². The van der Waals surface area contributed by atoms with Crippen LogP contribution in [0.25, 0.3) is 0 Å². The molecule has 1 aromatic carbocycles. The summed E-state index contributed by atoms with van der Waals surface area (Å²) in [5, 5.41) is 2.81. The Kier molecular flexibility index (Phi) is 5.23. The fourth-order valence-electron chi connectivity index (χ4n) is 2.74. The molecular weight excluding hydrogens is 328 g/mol. The summed E-state index contributed by atoms with van der Waals surface area (Å²) in [6.45, 7) is 4.22. The summed E-state index contributed by atoms with van der Waals surface area (Å²) in [6.07, 6.45) is 1.64. The van der Waals surface area contributed by atoms with E-state index in [1.807, 2.05) is 4.90 Å². The number of benzene rings is 1. The molecule has 25 heavy (non-hydrogen) atoms. The molecule has 1 unspecified atom stereocenters. The highest BCUT2D eigenvalue weighted by atomic mass is 19.2. The van der Waals surface area contributed by atoms with Crippen molar-refractivity contribution in [3.05, 3.63) is 59.3 Å². The molecule has 1 saturated heterocycles. The Bertz CT molecular complexity index is 764. The first kappa shape index (κ1) is 17.3. The van der Waals surface area contributed by atoms with Crippen molar-refractivity contribution in [2.45, 2.75) is 13.0 Å². The summed E-state index contributed by atoms with van der Waals surface area (Å²) in [6, 6.07) is 6.52. The highest BCUT2D eigenvalue weighted by molar-refractivity contribution is 5.99. The molecule has 7 heteroatoms. The Balaban J connectivity index is 1.77. The Hall–Kier alpha value is -2.54. The van der Waals surface area contributed by atoms with Crippen molar-refractivity contribution in [1.82, 2.24) is 10.3 Å². The zero-order valence-electron chi connectivity index (χ0n) is 13.8. The van der Waals surface area contributed by atoms with E-state index in [0.717, 1.165) is 12.1 Å². The Morgan fingerprint density at radius 3 is 2.72 bits per heavy atom. The molecule has 0 radical (unpaired) electrons. The number of nitrogens with one attached hydrogen (secondary N) is 1. The van der Waals surface area contributed by atoms with Crippen LogP contribution in [0, 0.1) is 11.6 Å². The van der Waals surface area contributed by atoms with Gasteiger partial charge in [0.15, 0.2) is 11.6 Å². The second-order valence-electron chi connectivity index (χ2n) is 5.84. The lowest BCUT2D eigenvalue weighted by atomic mass is 10.1. The zero-order chi connectivity index (χ0) is 17.8. The number of halogens is 2. The second-order valence-corrected chi connectivity index (χ2v) is 5.84. The minimum atomic E-state index is -0.936. The number of pyridine rings is 1. The number of anilines is 1. The fraction of sp³-hybridized carbons (Fsp3) is 0.333. The molecule has 3 rings (SSSR count). The van der Waals surface area contributed by atoms with E-state index < -0.39 is 17.7 Å². The van der Waals surface area contributed by atoms with Crippen molar-refractivity contribution >= 4 is 11.7 Å². The summed E-state index contributed by atoms with van der Waals surface area (Å²) in [7, 11) is 0. The zero-order valence-corrected chi connectivity index (χ0v) is 13.8. The van der Waals surface area contributed by atoms with Crippen molar-refractivity contribution in [2.75, 3.05) is 31.2 Å². The van der Waals surface area contributed by atoms with Gasteiger partial charge in [-0.15, -0.1) is 0 Å². The maximum Gasteiger partial charge on any atom is 0.255 e. The molecule has 1 aliphatic rings. The van der Waals surface area contributed by atoms with E-state index in [0.29, 0.717) is 43.2 Å². The standard InChI is InChI=1S/C18H19F2N3O2/c1-12(13-4-5-15(19)16(20)11-13)22-18(24)14-3-2-6-21-17(14)23-7-9-25-10-8-23/h2-6,11-12H,7-10H2,1H3,(H,22,24). The molecule has 0 saturated carbocycles. The molecule has 0 spiro atoms. The van der Waals surface area contributed by atoms with Gasteiger partial charge in [-0.25, -0.2) is 13.8 Å². The largest absolute Gasteiger partial charge is 0.378 e. The number of morpholine rings is 1. The molecule has 1 fully saturated rings. The van der Waals surface area contributed by atoms with Crippen LogP contribution >= 0.6 is 0 Å². The van der Waals surface area contributed by atoms with Crippen LogP contribution in [-0.2, 0) is 4.74 Å². The van der Waals surface area contributed by atoms with Crippen LogP contribution in [0.2, 0.25) is 0 Å². The van der Waals surface area contributed by atoms with E-state index in [1.54, 1.807) is 25.3 Å². The van der Waals surface area contributed by atoms with Crippen molar-refractivity contribution < 1.29 is 18.3 Å².